The standard InChI is InChI=1S/C30H40N6O3/c1-18-9-8-10-23-24(18)33-26(32-23)21-15-31-16-22(27(37)35(7)19(2)20-11-12-20)25(21)36-14-13-30(6,17-36)34-28(38)39-29(3,4)5/h8-10,15-16,19-20H,11-14,17H2,1-7H3,(H,32,33)(H,34,38)/t19-,30?/m0/s1. The van der Waals surface area contributed by atoms with Gasteiger partial charge < -0.3 is 24.8 Å². The van der Waals surface area contributed by atoms with Crippen LogP contribution in [0.5, 0.6) is 0 Å². The third-order valence-corrected chi connectivity index (χ3v) is 7.95. The van der Waals surface area contributed by atoms with E-state index in [2.05, 4.69) is 27.1 Å². The number of rotatable bonds is 6. The second kappa shape index (κ2) is 9.84. The first kappa shape index (κ1) is 27.0. The lowest BCUT2D eigenvalue weighted by Gasteiger charge is -2.31. The highest BCUT2D eigenvalue weighted by Gasteiger charge is 2.40. The minimum atomic E-state index is -0.584. The van der Waals surface area contributed by atoms with Crippen molar-refractivity contribution in [3.8, 4) is 11.4 Å². The molecule has 0 radical (unpaired) electrons. The van der Waals surface area contributed by atoms with Crippen LogP contribution in [0.2, 0.25) is 0 Å². The Morgan fingerprint density at radius 3 is 2.67 bits per heavy atom. The first-order chi connectivity index (χ1) is 18.3. The fourth-order valence-corrected chi connectivity index (χ4v) is 5.50. The number of aryl methyl sites for hydroxylation is 1. The number of amides is 2. The molecule has 1 saturated heterocycles. The summed E-state index contributed by atoms with van der Waals surface area (Å²) in [5.41, 5.74) is 3.89. The summed E-state index contributed by atoms with van der Waals surface area (Å²) in [4.78, 5) is 43.5. The zero-order chi connectivity index (χ0) is 28.1. The Morgan fingerprint density at radius 2 is 2.00 bits per heavy atom. The predicted octanol–water partition coefficient (Wildman–Crippen LogP) is 5.30. The smallest absolute Gasteiger partial charge is 0.408 e. The van der Waals surface area contributed by atoms with Gasteiger partial charge in [0.1, 0.15) is 11.4 Å². The number of hydrogen-bond donors (Lipinski definition) is 2. The number of carbonyl (C=O) groups is 2. The van der Waals surface area contributed by atoms with Gasteiger partial charge in [0.25, 0.3) is 5.91 Å². The Bertz CT molecular complexity index is 1410. The van der Waals surface area contributed by atoms with Crippen molar-refractivity contribution in [2.45, 2.75) is 78.0 Å². The molecule has 1 aliphatic carbocycles. The van der Waals surface area contributed by atoms with Gasteiger partial charge >= 0.3 is 6.09 Å². The third-order valence-electron chi connectivity index (χ3n) is 7.95. The number of H-pyrrole nitrogens is 1. The largest absolute Gasteiger partial charge is 0.444 e. The number of alkyl carbamates (subject to hydrolysis) is 1. The van der Waals surface area contributed by atoms with E-state index in [1.54, 1.807) is 12.4 Å². The van der Waals surface area contributed by atoms with Crippen molar-refractivity contribution in [1.82, 2.24) is 25.2 Å². The molecule has 1 aromatic carbocycles. The van der Waals surface area contributed by atoms with Gasteiger partial charge in [0.15, 0.2) is 0 Å². The topological polar surface area (TPSA) is 103 Å². The molecule has 2 N–H and O–H groups in total. The number of nitrogens with one attached hydrogen (secondary N) is 2. The van der Waals surface area contributed by atoms with Crippen LogP contribution in [0.1, 0.15) is 69.8 Å². The quantitative estimate of drug-likeness (QED) is 0.447. The number of aromatic amines is 1. The van der Waals surface area contributed by atoms with E-state index in [1.165, 1.54) is 0 Å². The monoisotopic (exact) mass is 532 g/mol. The van der Waals surface area contributed by atoms with Gasteiger partial charge in [-0.1, -0.05) is 12.1 Å². The maximum absolute atomic E-state index is 13.9. The maximum atomic E-state index is 13.9. The van der Waals surface area contributed by atoms with Gasteiger partial charge in [0.2, 0.25) is 0 Å². The van der Waals surface area contributed by atoms with E-state index < -0.39 is 17.2 Å². The highest BCUT2D eigenvalue weighted by atomic mass is 16.6. The molecule has 2 aliphatic rings. The van der Waals surface area contributed by atoms with Gasteiger partial charge in [0.05, 0.1) is 33.4 Å². The second-order valence-electron chi connectivity index (χ2n) is 12.5. The molecular formula is C30H40N6O3. The summed E-state index contributed by atoms with van der Waals surface area (Å²) >= 11 is 0. The molecule has 1 saturated carbocycles. The van der Waals surface area contributed by atoms with Gasteiger partial charge in [-0.15, -0.1) is 0 Å². The zero-order valence-corrected chi connectivity index (χ0v) is 24.1. The van der Waals surface area contributed by atoms with Crippen LogP contribution in [-0.2, 0) is 4.74 Å². The number of anilines is 1. The highest BCUT2D eigenvalue weighted by Crippen LogP contribution is 2.39. The van der Waals surface area contributed by atoms with Crippen LogP contribution in [0.4, 0.5) is 10.5 Å². The number of hydrogen-bond acceptors (Lipinski definition) is 6. The molecule has 208 valence electrons. The third kappa shape index (κ3) is 5.58. The molecule has 1 unspecified atom stereocenters. The molecule has 0 spiro atoms. The molecule has 3 heterocycles. The van der Waals surface area contributed by atoms with Crippen LogP contribution in [-0.4, -0.2) is 69.2 Å². The molecule has 5 rings (SSSR count). The van der Waals surface area contributed by atoms with E-state index >= 15 is 0 Å². The van der Waals surface area contributed by atoms with Gasteiger partial charge in [-0.25, -0.2) is 9.78 Å². The van der Waals surface area contributed by atoms with E-state index in [1.807, 2.05) is 64.8 Å². The lowest BCUT2D eigenvalue weighted by atomic mass is 10.0. The molecule has 1 aliphatic heterocycles. The molecule has 2 atom stereocenters. The van der Waals surface area contributed by atoms with Crippen LogP contribution in [0, 0.1) is 12.8 Å². The minimum absolute atomic E-state index is 0.0558. The number of pyridine rings is 1. The number of para-hydroxylation sites is 1. The summed E-state index contributed by atoms with van der Waals surface area (Å²) in [5, 5.41) is 3.08. The number of fused-ring (bicyclic) bond motifs is 1. The van der Waals surface area contributed by atoms with E-state index in [-0.39, 0.29) is 11.9 Å². The van der Waals surface area contributed by atoms with E-state index in [0.717, 1.165) is 40.7 Å². The van der Waals surface area contributed by atoms with Crippen molar-refractivity contribution < 1.29 is 14.3 Å². The van der Waals surface area contributed by atoms with Crippen LogP contribution < -0.4 is 10.2 Å². The molecule has 9 nitrogen and oxygen atoms in total. The maximum Gasteiger partial charge on any atom is 0.408 e. The average molecular weight is 533 g/mol. The number of aromatic nitrogens is 3. The summed E-state index contributed by atoms with van der Waals surface area (Å²) in [6.07, 6.45) is 6.02. The number of nitrogens with zero attached hydrogens (tertiary/aromatic N) is 4. The number of carbonyl (C=O) groups excluding carboxylic acids is 2. The summed E-state index contributed by atoms with van der Waals surface area (Å²) in [7, 11) is 1.88. The van der Waals surface area contributed by atoms with Crippen LogP contribution in [0.3, 0.4) is 0 Å². The summed E-state index contributed by atoms with van der Waals surface area (Å²) < 4.78 is 5.54. The fourth-order valence-electron chi connectivity index (χ4n) is 5.50. The predicted molar refractivity (Wildman–Crippen MR) is 153 cm³/mol. The molecular weight excluding hydrogens is 492 g/mol. The van der Waals surface area contributed by atoms with Crippen molar-refractivity contribution in [2.24, 2.45) is 5.92 Å². The zero-order valence-electron chi connectivity index (χ0n) is 24.1. The Hall–Kier alpha value is -3.62. The van der Waals surface area contributed by atoms with Crippen molar-refractivity contribution >= 4 is 28.7 Å². The summed E-state index contributed by atoms with van der Waals surface area (Å²) in [6, 6.07) is 6.19. The Morgan fingerprint density at radius 1 is 1.26 bits per heavy atom. The first-order valence-electron chi connectivity index (χ1n) is 13.8. The molecule has 9 heteroatoms. The molecule has 2 fully saturated rings. The van der Waals surface area contributed by atoms with E-state index in [9.17, 15) is 9.59 Å². The Kier molecular flexibility index (Phi) is 6.81. The molecule has 2 aromatic heterocycles. The number of benzene rings is 1. The summed E-state index contributed by atoms with van der Waals surface area (Å²) in [5.74, 6) is 1.16. The van der Waals surface area contributed by atoms with Crippen LogP contribution >= 0.6 is 0 Å². The van der Waals surface area contributed by atoms with Crippen molar-refractivity contribution in [1.29, 1.82) is 0 Å². The molecule has 2 amide bonds. The van der Waals surface area contributed by atoms with Crippen molar-refractivity contribution in [2.75, 3.05) is 25.0 Å². The van der Waals surface area contributed by atoms with Gasteiger partial charge in [-0.2, -0.15) is 0 Å². The Balaban J connectivity index is 1.54. The lowest BCUT2D eigenvalue weighted by molar-refractivity contribution is 0.0473. The SMILES string of the molecule is Cc1cccc2[nH]c(-c3cncc(C(=O)N(C)[C@@H](C)C4CC4)c3N3CCC(C)(NC(=O)OC(C)(C)C)C3)nc12. The van der Waals surface area contributed by atoms with E-state index in [0.29, 0.717) is 36.8 Å². The van der Waals surface area contributed by atoms with Crippen LogP contribution in [0.15, 0.2) is 30.6 Å². The average Bonchev–Trinajstić information content (AvgIpc) is 3.50. The van der Waals surface area contributed by atoms with Crippen molar-refractivity contribution in [3.63, 3.8) is 0 Å². The van der Waals surface area contributed by atoms with Crippen molar-refractivity contribution in [3.05, 3.63) is 41.7 Å². The van der Waals surface area contributed by atoms with Crippen LogP contribution in [0.25, 0.3) is 22.4 Å². The molecule has 39 heavy (non-hydrogen) atoms. The lowest BCUT2D eigenvalue weighted by Crippen LogP contribution is -2.49. The van der Waals surface area contributed by atoms with Gasteiger partial charge in [-0.3, -0.25) is 9.78 Å². The second-order valence-corrected chi connectivity index (χ2v) is 12.5. The first-order valence-corrected chi connectivity index (χ1v) is 13.8. The minimum Gasteiger partial charge on any atom is -0.444 e. The highest BCUT2D eigenvalue weighted by molar-refractivity contribution is 6.03. The van der Waals surface area contributed by atoms with Gasteiger partial charge in [-0.05, 0) is 78.4 Å². The normalized spacial score (nSPS) is 20.2. The fraction of sp³-hybridized carbons (Fsp3) is 0.533. The summed E-state index contributed by atoms with van der Waals surface area (Å²) in [6.45, 7) is 12.9. The molecule has 3 aromatic rings. The Labute approximate surface area is 230 Å². The number of ether oxygens (including phenoxy) is 1. The number of imidazole rings is 1. The van der Waals surface area contributed by atoms with Gasteiger partial charge in [0, 0.05) is 38.6 Å². The molecule has 0 bridgehead atoms. The van der Waals surface area contributed by atoms with E-state index in [4.69, 9.17) is 9.72 Å².